The monoisotopic (exact) mass is 446 g/mol. The first-order chi connectivity index (χ1) is 13.6. The maximum Gasteiger partial charge on any atom is 0.417 e. The first-order valence-corrected chi connectivity index (χ1v) is 10.7. The fourth-order valence-corrected chi connectivity index (χ4v) is 4.66. The summed E-state index contributed by atoms with van der Waals surface area (Å²) in [6.07, 6.45) is -2.19. The number of halogens is 4. The molecule has 1 amide bonds. The Morgan fingerprint density at radius 2 is 1.69 bits per heavy atom. The Balaban J connectivity index is 2.00. The summed E-state index contributed by atoms with van der Waals surface area (Å²) < 4.78 is 67.4. The van der Waals surface area contributed by atoms with E-state index in [0.717, 1.165) is 31.4 Å². The highest BCUT2D eigenvalue weighted by Crippen LogP contribution is 2.35. The van der Waals surface area contributed by atoms with Crippen molar-refractivity contribution in [1.82, 2.24) is 4.90 Å². The summed E-state index contributed by atoms with van der Waals surface area (Å²) in [5.41, 5.74) is -1.42. The van der Waals surface area contributed by atoms with Gasteiger partial charge < -0.3 is 4.90 Å². The van der Waals surface area contributed by atoms with Crippen molar-refractivity contribution in [1.29, 1.82) is 0 Å². The minimum absolute atomic E-state index is 0.0318. The molecule has 0 aliphatic carbocycles. The van der Waals surface area contributed by atoms with Gasteiger partial charge in [-0.05, 0) is 49.6 Å². The molecule has 0 aromatic heterocycles. The molecule has 0 bridgehead atoms. The van der Waals surface area contributed by atoms with Gasteiger partial charge in [0.25, 0.3) is 15.9 Å². The van der Waals surface area contributed by atoms with E-state index in [1.54, 1.807) is 4.90 Å². The minimum atomic E-state index is -4.86. The second kappa shape index (κ2) is 8.23. The van der Waals surface area contributed by atoms with Crippen molar-refractivity contribution < 1.29 is 26.4 Å². The molecule has 0 atom stereocenters. The molecule has 29 heavy (non-hydrogen) atoms. The van der Waals surface area contributed by atoms with Gasteiger partial charge >= 0.3 is 6.18 Å². The molecule has 1 heterocycles. The molecular weight excluding hydrogens is 429 g/mol. The highest BCUT2D eigenvalue weighted by molar-refractivity contribution is 7.92. The number of hydrogen-bond donors (Lipinski definition) is 1. The average molecular weight is 447 g/mol. The zero-order chi connectivity index (χ0) is 21.2. The molecule has 0 unspecified atom stereocenters. The lowest BCUT2D eigenvalue weighted by Crippen LogP contribution is -2.36. The van der Waals surface area contributed by atoms with E-state index in [-0.39, 0.29) is 16.3 Å². The second-order valence-corrected chi connectivity index (χ2v) is 8.73. The van der Waals surface area contributed by atoms with E-state index in [2.05, 4.69) is 4.72 Å². The van der Waals surface area contributed by atoms with Crippen LogP contribution in [0.25, 0.3) is 0 Å². The fourth-order valence-electron chi connectivity index (χ4n) is 3.19. The fraction of sp³-hybridized carbons (Fsp3) is 0.316. The molecule has 2 aromatic carbocycles. The zero-order valence-corrected chi connectivity index (χ0v) is 16.7. The van der Waals surface area contributed by atoms with Crippen LogP contribution in [-0.2, 0) is 16.2 Å². The van der Waals surface area contributed by atoms with Crippen molar-refractivity contribution in [2.75, 3.05) is 17.8 Å². The lowest BCUT2D eigenvalue weighted by atomic mass is 10.1. The van der Waals surface area contributed by atoms with Crippen molar-refractivity contribution in [2.24, 2.45) is 0 Å². The van der Waals surface area contributed by atoms with Crippen molar-refractivity contribution >= 4 is 33.2 Å². The molecule has 3 rings (SSSR count). The van der Waals surface area contributed by atoms with Gasteiger partial charge in [0.2, 0.25) is 0 Å². The SMILES string of the molecule is O=C(c1ccc(Cl)cc1NS(=O)(=O)c1ccccc1C(F)(F)F)N1CCCCC1. The number of amides is 1. The number of anilines is 1. The van der Waals surface area contributed by atoms with Crippen LogP contribution in [0.5, 0.6) is 0 Å². The Morgan fingerprint density at radius 1 is 1.03 bits per heavy atom. The van der Waals surface area contributed by atoms with E-state index in [1.807, 2.05) is 0 Å². The normalized spacial score (nSPS) is 15.2. The summed E-state index contributed by atoms with van der Waals surface area (Å²) in [6, 6.07) is 7.86. The number of carbonyl (C=O) groups excluding carboxylic acids is 1. The van der Waals surface area contributed by atoms with Crippen LogP contribution < -0.4 is 4.72 Å². The number of carbonyl (C=O) groups is 1. The molecule has 5 nitrogen and oxygen atoms in total. The quantitative estimate of drug-likeness (QED) is 0.734. The Morgan fingerprint density at radius 3 is 2.34 bits per heavy atom. The van der Waals surface area contributed by atoms with Gasteiger partial charge in [0.15, 0.2) is 0 Å². The molecule has 1 fully saturated rings. The molecule has 1 aliphatic rings. The zero-order valence-electron chi connectivity index (χ0n) is 15.2. The van der Waals surface area contributed by atoms with E-state index in [1.165, 1.54) is 24.3 Å². The van der Waals surface area contributed by atoms with Crippen LogP contribution in [0.2, 0.25) is 5.02 Å². The predicted molar refractivity (Wildman–Crippen MR) is 103 cm³/mol. The molecule has 2 aromatic rings. The van der Waals surface area contributed by atoms with E-state index >= 15 is 0 Å². The highest BCUT2D eigenvalue weighted by atomic mass is 35.5. The Labute approximate surface area is 171 Å². The molecule has 10 heteroatoms. The summed E-state index contributed by atoms with van der Waals surface area (Å²) in [6.45, 7) is 1.06. The van der Waals surface area contributed by atoms with Gasteiger partial charge in [-0.3, -0.25) is 9.52 Å². The van der Waals surface area contributed by atoms with Gasteiger partial charge in [-0.2, -0.15) is 13.2 Å². The van der Waals surface area contributed by atoms with Gasteiger partial charge in [0.1, 0.15) is 0 Å². The average Bonchev–Trinajstić information content (AvgIpc) is 2.67. The van der Waals surface area contributed by atoms with E-state index in [9.17, 15) is 26.4 Å². The van der Waals surface area contributed by atoms with Crippen LogP contribution in [0.3, 0.4) is 0 Å². The number of hydrogen-bond acceptors (Lipinski definition) is 3. The number of rotatable bonds is 4. The summed E-state index contributed by atoms with van der Waals surface area (Å²) in [4.78, 5) is 13.5. The van der Waals surface area contributed by atoms with Gasteiger partial charge in [-0.1, -0.05) is 23.7 Å². The molecule has 0 radical (unpaired) electrons. The molecule has 1 saturated heterocycles. The number of piperidine rings is 1. The number of nitrogens with zero attached hydrogens (tertiary/aromatic N) is 1. The highest BCUT2D eigenvalue weighted by Gasteiger charge is 2.37. The second-order valence-electron chi connectivity index (χ2n) is 6.64. The van der Waals surface area contributed by atoms with Gasteiger partial charge in [-0.25, -0.2) is 8.42 Å². The number of likely N-dealkylation sites (tertiary alicyclic amines) is 1. The lowest BCUT2D eigenvalue weighted by Gasteiger charge is -2.27. The first-order valence-electron chi connectivity index (χ1n) is 8.87. The van der Waals surface area contributed by atoms with Crippen LogP contribution in [0.4, 0.5) is 18.9 Å². The Bertz CT molecular complexity index is 1020. The standard InChI is InChI=1S/C19H18ClF3N2O3S/c20-13-8-9-14(18(26)25-10-4-1-5-11-25)16(12-13)24-29(27,28)17-7-3-2-6-15(17)19(21,22)23/h2-3,6-9,12,24H,1,4-5,10-11H2. The Hall–Kier alpha value is -2.26. The van der Waals surface area contributed by atoms with Crippen LogP contribution in [0.1, 0.15) is 35.2 Å². The van der Waals surface area contributed by atoms with E-state index < -0.39 is 32.6 Å². The van der Waals surface area contributed by atoms with Crippen molar-refractivity contribution in [3.8, 4) is 0 Å². The van der Waals surface area contributed by atoms with Crippen molar-refractivity contribution in [2.45, 2.75) is 30.3 Å². The third kappa shape index (κ3) is 4.84. The molecule has 1 N–H and O–H groups in total. The van der Waals surface area contributed by atoms with Gasteiger partial charge in [0, 0.05) is 18.1 Å². The first kappa shape index (κ1) is 21.4. The maximum absolute atomic E-state index is 13.3. The van der Waals surface area contributed by atoms with Crippen LogP contribution in [-0.4, -0.2) is 32.3 Å². The largest absolute Gasteiger partial charge is 0.417 e. The van der Waals surface area contributed by atoms with E-state index in [4.69, 9.17) is 11.6 Å². The third-order valence-electron chi connectivity index (χ3n) is 4.58. The number of alkyl halides is 3. The van der Waals surface area contributed by atoms with Crippen molar-refractivity contribution in [3.63, 3.8) is 0 Å². The molecule has 156 valence electrons. The Kier molecular flexibility index (Phi) is 6.09. The molecule has 1 aliphatic heterocycles. The molecular formula is C19H18ClF3N2O3S. The van der Waals surface area contributed by atoms with Crippen LogP contribution >= 0.6 is 11.6 Å². The number of nitrogens with one attached hydrogen (secondary N) is 1. The summed E-state index contributed by atoms with van der Waals surface area (Å²) >= 11 is 5.95. The van der Waals surface area contributed by atoms with Crippen LogP contribution in [0, 0.1) is 0 Å². The molecule has 0 saturated carbocycles. The van der Waals surface area contributed by atoms with Crippen molar-refractivity contribution in [3.05, 3.63) is 58.6 Å². The predicted octanol–water partition coefficient (Wildman–Crippen LogP) is 4.79. The van der Waals surface area contributed by atoms with Gasteiger partial charge in [0.05, 0.1) is 21.7 Å². The smallest absolute Gasteiger partial charge is 0.339 e. The topological polar surface area (TPSA) is 66.5 Å². The van der Waals surface area contributed by atoms with Crippen LogP contribution in [0.15, 0.2) is 47.4 Å². The number of sulfonamides is 1. The maximum atomic E-state index is 13.3. The minimum Gasteiger partial charge on any atom is -0.339 e. The van der Waals surface area contributed by atoms with Gasteiger partial charge in [-0.15, -0.1) is 0 Å². The summed E-state index contributed by atoms with van der Waals surface area (Å²) in [5, 5.41) is 0.141. The number of benzene rings is 2. The summed E-state index contributed by atoms with van der Waals surface area (Å²) in [5.74, 6) is -0.400. The third-order valence-corrected chi connectivity index (χ3v) is 6.24. The lowest BCUT2D eigenvalue weighted by molar-refractivity contribution is -0.139. The van der Waals surface area contributed by atoms with E-state index in [0.29, 0.717) is 19.2 Å². The molecule has 0 spiro atoms. The summed E-state index contributed by atoms with van der Waals surface area (Å²) in [7, 11) is -4.63.